The number of carbonyl (C=O) groups is 2. The van der Waals surface area contributed by atoms with Crippen molar-refractivity contribution < 1.29 is 34.0 Å². The second-order valence-electron chi connectivity index (χ2n) is 11.3. The molecule has 0 aromatic heterocycles. The topological polar surface area (TPSA) is 145 Å². The van der Waals surface area contributed by atoms with E-state index in [1.807, 2.05) is 20.0 Å². The number of Topliss-reactive ketones (excluding diaryl/α,β-unsaturated/α-hetero) is 1. The van der Waals surface area contributed by atoms with Gasteiger partial charge in [-0.1, -0.05) is 6.07 Å². The summed E-state index contributed by atoms with van der Waals surface area (Å²) in [5.74, 6) is 0.0749. The second-order valence-corrected chi connectivity index (χ2v) is 12.4. The van der Waals surface area contributed by atoms with Gasteiger partial charge in [-0.15, -0.1) is 11.8 Å². The van der Waals surface area contributed by atoms with E-state index in [4.69, 9.17) is 14.2 Å². The lowest BCUT2D eigenvalue weighted by atomic mass is 9.71. The number of nitrogens with one attached hydrogen (secondary N) is 1. The highest BCUT2D eigenvalue weighted by Gasteiger charge is 2.60. The molecule has 2 saturated heterocycles. The van der Waals surface area contributed by atoms with Gasteiger partial charge in [0.2, 0.25) is 12.6 Å². The summed E-state index contributed by atoms with van der Waals surface area (Å²) in [6.45, 7) is 3.67. The van der Waals surface area contributed by atoms with Crippen LogP contribution in [0.1, 0.15) is 50.7 Å². The lowest BCUT2D eigenvalue weighted by Gasteiger charge is -2.61. The summed E-state index contributed by atoms with van der Waals surface area (Å²) in [6.07, 6.45) is 0.529. The Morgan fingerprint density at radius 1 is 1.15 bits per heavy atom. The number of fused-ring (bicyclic) bond motifs is 9. The molecule has 41 heavy (non-hydrogen) atoms. The molecule has 4 bridgehead atoms. The standard InChI is InChI=1S/C29H30N4O7S/c1-11-5-13-6-14-15(7-30)33-16-8-31-29(37)17(34)9-41-28(20-19(16)27-26(39-10-40-27)12(2)23(20)35)22(33)21(32(14)3)18(13)24(36)25(11)38-4/h5,14-16,21-22,28,35-36H,6,8-10H2,1-4H3,(H,31,37)/t14?,15-,16-,21?,22+,28+/m0/s1. The van der Waals surface area contributed by atoms with E-state index in [2.05, 4.69) is 21.2 Å². The van der Waals surface area contributed by atoms with Gasteiger partial charge in [0.1, 0.15) is 11.8 Å². The molecule has 7 rings (SSSR count). The summed E-state index contributed by atoms with van der Waals surface area (Å²) in [5, 5.41) is 36.3. The summed E-state index contributed by atoms with van der Waals surface area (Å²) in [6, 6.07) is 2.27. The molecule has 0 spiro atoms. The number of nitriles is 1. The number of likely N-dealkylation sites (N-methyl/N-ethyl adjacent to an activating group) is 1. The number of methoxy groups -OCH3 is 1. The third-order valence-corrected chi connectivity index (χ3v) is 10.7. The zero-order chi connectivity index (χ0) is 28.9. The molecule has 3 N–H and O–H groups in total. The monoisotopic (exact) mass is 578 g/mol. The Labute approximate surface area is 241 Å². The van der Waals surface area contributed by atoms with Crippen molar-refractivity contribution in [3.05, 3.63) is 39.4 Å². The minimum absolute atomic E-state index is 0.0130. The average Bonchev–Trinajstić information content (AvgIpc) is 3.44. The van der Waals surface area contributed by atoms with Gasteiger partial charge >= 0.3 is 0 Å². The number of aryl methyl sites for hydroxylation is 1. The maximum absolute atomic E-state index is 12.8. The first kappa shape index (κ1) is 26.3. The number of hydrogen-bond donors (Lipinski definition) is 3. The normalized spacial score (nSPS) is 30.1. The second kappa shape index (κ2) is 9.17. The number of piperazine rings is 1. The van der Waals surface area contributed by atoms with Crippen LogP contribution in [0.15, 0.2) is 6.07 Å². The van der Waals surface area contributed by atoms with Gasteiger partial charge in [0.25, 0.3) is 5.91 Å². The summed E-state index contributed by atoms with van der Waals surface area (Å²) in [4.78, 5) is 29.8. The zero-order valence-corrected chi connectivity index (χ0v) is 23.9. The first-order valence-electron chi connectivity index (χ1n) is 13.5. The van der Waals surface area contributed by atoms with E-state index in [9.17, 15) is 25.1 Å². The first-order valence-corrected chi connectivity index (χ1v) is 14.6. The van der Waals surface area contributed by atoms with Gasteiger partial charge in [-0.25, -0.2) is 0 Å². The van der Waals surface area contributed by atoms with Gasteiger partial charge in [0.05, 0.1) is 36.3 Å². The van der Waals surface area contributed by atoms with Crippen LogP contribution in [0.2, 0.25) is 0 Å². The van der Waals surface area contributed by atoms with E-state index in [1.54, 1.807) is 6.92 Å². The summed E-state index contributed by atoms with van der Waals surface area (Å²) >= 11 is 1.26. The zero-order valence-electron chi connectivity index (χ0n) is 23.1. The van der Waals surface area contributed by atoms with E-state index in [-0.39, 0.29) is 36.6 Å². The van der Waals surface area contributed by atoms with Crippen LogP contribution in [0.25, 0.3) is 0 Å². The molecule has 5 heterocycles. The number of aromatic hydroxyl groups is 2. The molecule has 5 aliphatic rings. The number of thioether (sulfide) groups is 1. The van der Waals surface area contributed by atoms with Crippen molar-refractivity contribution in [3.63, 3.8) is 0 Å². The van der Waals surface area contributed by atoms with Crippen LogP contribution >= 0.6 is 11.8 Å². The van der Waals surface area contributed by atoms with Gasteiger partial charge in [-0.2, -0.15) is 5.26 Å². The average molecular weight is 579 g/mol. The van der Waals surface area contributed by atoms with Crippen LogP contribution in [-0.4, -0.2) is 83.1 Å². The van der Waals surface area contributed by atoms with Crippen molar-refractivity contribution in [1.29, 1.82) is 5.26 Å². The third kappa shape index (κ3) is 3.40. The number of phenols is 2. The molecule has 2 aromatic carbocycles. The molecular weight excluding hydrogens is 548 g/mol. The Morgan fingerprint density at radius 2 is 1.90 bits per heavy atom. The summed E-state index contributed by atoms with van der Waals surface area (Å²) in [5.41, 5.74) is 4.28. The van der Waals surface area contributed by atoms with E-state index in [1.165, 1.54) is 18.9 Å². The molecule has 2 aromatic rings. The highest BCUT2D eigenvalue weighted by molar-refractivity contribution is 8.00. The molecule has 12 heteroatoms. The SMILES string of the molecule is COc1c(C)cc2c(c1O)C1[C@@H]3[C@@H]4SCC(=O)C(=O)NC[C@@H](c5c6c(c(C)c(O)c54)OCO6)N3[C@@H](C#N)C(C2)N1C. The lowest BCUT2D eigenvalue weighted by Crippen LogP contribution is -2.69. The van der Waals surface area contributed by atoms with Gasteiger partial charge < -0.3 is 29.7 Å². The van der Waals surface area contributed by atoms with E-state index in [0.29, 0.717) is 40.4 Å². The maximum atomic E-state index is 12.8. The van der Waals surface area contributed by atoms with Crippen molar-refractivity contribution in [2.75, 3.05) is 33.2 Å². The fraction of sp³-hybridized carbons (Fsp3) is 0.483. The molecule has 214 valence electrons. The van der Waals surface area contributed by atoms with E-state index < -0.39 is 41.1 Å². The number of hydrogen-bond acceptors (Lipinski definition) is 11. The van der Waals surface area contributed by atoms with E-state index in [0.717, 1.165) is 16.7 Å². The molecule has 2 fully saturated rings. The van der Waals surface area contributed by atoms with Gasteiger partial charge in [-0.3, -0.25) is 19.4 Å². The maximum Gasteiger partial charge on any atom is 0.288 e. The van der Waals surface area contributed by atoms with Crippen LogP contribution < -0.4 is 19.5 Å². The fourth-order valence-corrected chi connectivity index (χ4v) is 9.09. The number of amides is 1. The predicted octanol–water partition coefficient (Wildman–Crippen LogP) is 2.15. The van der Waals surface area contributed by atoms with Gasteiger partial charge in [-0.05, 0) is 38.4 Å². The Kier molecular flexibility index (Phi) is 5.87. The number of benzene rings is 2. The van der Waals surface area contributed by atoms with Crippen LogP contribution in [0.5, 0.6) is 28.7 Å². The highest BCUT2D eigenvalue weighted by Crippen LogP contribution is 2.63. The molecule has 5 aliphatic heterocycles. The largest absolute Gasteiger partial charge is 0.507 e. The van der Waals surface area contributed by atoms with Crippen molar-refractivity contribution in [3.8, 4) is 34.8 Å². The van der Waals surface area contributed by atoms with Crippen LogP contribution in [0.4, 0.5) is 0 Å². The lowest BCUT2D eigenvalue weighted by molar-refractivity contribution is -0.137. The van der Waals surface area contributed by atoms with Crippen LogP contribution in [0, 0.1) is 25.2 Å². The van der Waals surface area contributed by atoms with Crippen molar-refractivity contribution in [2.24, 2.45) is 0 Å². The Morgan fingerprint density at radius 3 is 2.63 bits per heavy atom. The van der Waals surface area contributed by atoms with Crippen LogP contribution in [0.3, 0.4) is 0 Å². The summed E-state index contributed by atoms with van der Waals surface area (Å²) in [7, 11) is 3.49. The molecule has 0 saturated carbocycles. The molecule has 0 aliphatic carbocycles. The Bertz CT molecular complexity index is 1570. The number of ketones is 1. The first-order chi connectivity index (χ1) is 19.7. The molecule has 2 unspecified atom stereocenters. The van der Waals surface area contributed by atoms with Gasteiger partial charge in [0.15, 0.2) is 23.0 Å². The molecular formula is C29H30N4O7S. The highest BCUT2D eigenvalue weighted by atomic mass is 32.2. The number of phenolic OH excluding ortho intramolecular Hbond substituents is 2. The third-order valence-electron chi connectivity index (χ3n) is 9.43. The number of nitrogens with zero attached hydrogens (tertiary/aromatic N) is 3. The smallest absolute Gasteiger partial charge is 0.288 e. The van der Waals surface area contributed by atoms with E-state index >= 15 is 0 Å². The molecule has 0 radical (unpaired) electrons. The molecule has 1 amide bonds. The minimum atomic E-state index is -0.681. The van der Waals surface area contributed by atoms with Crippen molar-refractivity contribution in [2.45, 2.75) is 55.7 Å². The summed E-state index contributed by atoms with van der Waals surface area (Å²) < 4.78 is 17.3. The fourth-order valence-electron chi connectivity index (χ4n) is 7.73. The van der Waals surface area contributed by atoms with Crippen LogP contribution in [-0.2, 0) is 16.0 Å². The number of ether oxygens (including phenoxy) is 3. The Hall–Kier alpha value is -3.66. The van der Waals surface area contributed by atoms with Gasteiger partial charge in [0, 0.05) is 40.9 Å². The predicted molar refractivity (Wildman–Crippen MR) is 147 cm³/mol. The quantitative estimate of drug-likeness (QED) is 0.428. The van der Waals surface area contributed by atoms with Crippen molar-refractivity contribution >= 4 is 23.5 Å². The molecule has 6 atom stereocenters. The number of carbonyl (C=O) groups excluding carboxylic acids is 2. The molecule has 11 nitrogen and oxygen atoms in total. The minimum Gasteiger partial charge on any atom is -0.507 e. The Balaban J connectivity index is 1.55. The number of rotatable bonds is 1. The van der Waals surface area contributed by atoms with Crippen molar-refractivity contribution in [1.82, 2.24) is 15.1 Å².